The third-order valence-electron chi connectivity index (χ3n) is 4.50. The molecule has 1 aromatic heterocycles. The fourth-order valence-electron chi connectivity index (χ4n) is 3.19. The lowest BCUT2D eigenvalue weighted by Crippen LogP contribution is -2.35. The van der Waals surface area contributed by atoms with Crippen LogP contribution < -0.4 is 5.32 Å². The Kier molecular flexibility index (Phi) is 8.87. The first-order valence-electron chi connectivity index (χ1n) is 11.2. The van der Waals surface area contributed by atoms with E-state index >= 15 is 0 Å². The molecule has 0 aliphatic rings. The first-order valence-corrected chi connectivity index (χ1v) is 11.2. The summed E-state index contributed by atoms with van der Waals surface area (Å²) >= 11 is 0. The zero-order valence-electron chi connectivity index (χ0n) is 20.2. The Morgan fingerprint density at radius 3 is 2.25 bits per heavy atom. The molecule has 1 amide bonds. The molecule has 0 aliphatic heterocycles. The number of hydrogen-bond acceptors (Lipinski definition) is 5. The lowest BCUT2D eigenvalue weighted by molar-refractivity contribution is -0.154. The van der Waals surface area contributed by atoms with Gasteiger partial charge in [-0.05, 0) is 59.9 Å². The standard InChI is InChI=1S/C25H37N3O4/c1-24(2,3)31-21(29)16-12-8-11-15-19(28-23(30)32-25(4,5)6)22-26-17-20(27-22)18-13-9-7-10-14-18/h7,9-10,13-14,17,19H,8,11-12,15-16H2,1-6H3,(H,26,27)(H,28,30)/t19-/m0/s1. The molecule has 2 N–H and O–H groups in total. The number of benzene rings is 1. The van der Waals surface area contributed by atoms with Gasteiger partial charge in [-0.25, -0.2) is 9.78 Å². The molecule has 0 saturated heterocycles. The highest BCUT2D eigenvalue weighted by Gasteiger charge is 2.22. The highest BCUT2D eigenvalue weighted by molar-refractivity contribution is 5.69. The predicted molar refractivity (Wildman–Crippen MR) is 125 cm³/mol. The van der Waals surface area contributed by atoms with E-state index in [4.69, 9.17) is 9.47 Å². The maximum Gasteiger partial charge on any atom is 0.408 e. The van der Waals surface area contributed by atoms with Gasteiger partial charge in [-0.3, -0.25) is 4.79 Å². The second-order valence-corrected chi connectivity index (χ2v) is 9.93. The number of carbonyl (C=O) groups is 2. The molecule has 1 aromatic carbocycles. The summed E-state index contributed by atoms with van der Waals surface area (Å²) in [5, 5.41) is 2.94. The van der Waals surface area contributed by atoms with E-state index < -0.39 is 17.3 Å². The van der Waals surface area contributed by atoms with Gasteiger partial charge in [-0.1, -0.05) is 43.2 Å². The Morgan fingerprint density at radius 1 is 0.969 bits per heavy atom. The van der Waals surface area contributed by atoms with Gasteiger partial charge in [0.2, 0.25) is 0 Å². The van der Waals surface area contributed by atoms with Gasteiger partial charge in [-0.15, -0.1) is 0 Å². The minimum atomic E-state index is -0.583. The van der Waals surface area contributed by atoms with Gasteiger partial charge in [-0.2, -0.15) is 0 Å². The third kappa shape index (κ3) is 9.54. The third-order valence-corrected chi connectivity index (χ3v) is 4.50. The number of imidazole rings is 1. The molecule has 0 unspecified atom stereocenters. The normalized spacial score (nSPS) is 12.8. The molecule has 0 bridgehead atoms. The topological polar surface area (TPSA) is 93.3 Å². The highest BCUT2D eigenvalue weighted by Crippen LogP contribution is 2.23. The van der Waals surface area contributed by atoms with Crippen molar-refractivity contribution in [3.05, 3.63) is 42.4 Å². The Labute approximate surface area is 191 Å². The lowest BCUT2D eigenvalue weighted by Gasteiger charge is -2.23. The van der Waals surface area contributed by atoms with Crippen molar-refractivity contribution in [3.8, 4) is 11.3 Å². The highest BCUT2D eigenvalue weighted by atomic mass is 16.6. The smallest absolute Gasteiger partial charge is 0.408 e. The van der Waals surface area contributed by atoms with E-state index in [1.165, 1.54) is 0 Å². The number of hydrogen-bond donors (Lipinski definition) is 2. The Bertz CT molecular complexity index is 863. The van der Waals surface area contributed by atoms with E-state index in [0.717, 1.165) is 30.5 Å². The first kappa shape index (κ1) is 25.4. The van der Waals surface area contributed by atoms with Gasteiger partial charge < -0.3 is 19.8 Å². The van der Waals surface area contributed by atoms with Crippen LogP contribution in [0.15, 0.2) is 36.5 Å². The fraction of sp³-hybridized carbons (Fsp3) is 0.560. The molecular formula is C25H37N3O4. The van der Waals surface area contributed by atoms with Crippen LogP contribution in [0.25, 0.3) is 11.3 Å². The summed E-state index contributed by atoms with van der Waals surface area (Å²) < 4.78 is 10.8. The van der Waals surface area contributed by atoms with E-state index in [2.05, 4.69) is 15.3 Å². The van der Waals surface area contributed by atoms with Gasteiger partial charge in [0.1, 0.15) is 17.0 Å². The van der Waals surface area contributed by atoms with Gasteiger partial charge >= 0.3 is 12.1 Å². The van der Waals surface area contributed by atoms with Crippen LogP contribution in [0.5, 0.6) is 0 Å². The number of nitrogens with zero attached hydrogens (tertiary/aromatic N) is 1. The lowest BCUT2D eigenvalue weighted by atomic mass is 10.1. The SMILES string of the molecule is CC(C)(C)OC(=O)CCCCC[C@H](NC(=O)OC(C)(C)C)c1ncc(-c2ccccc2)[nH]1. The van der Waals surface area contributed by atoms with Gasteiger partial charge in [0.05, 0.1) is 17.9 Å². The Morgan fingerprint density at radius 2 is 1.62 bits per heavy atom. The van der Waals surface area contributed by atoms with Crippen molar-refractivity contribution in [2.24, 2.45) is 0 Å². The van der Waals surface area contributed by atoms with Crippen LogP contribution in [0.2, 0.25) is 0 Å². The van der Waals surface area contributed by atoms with Gasteiger partial charge in [0.25, 0.3) is 0 Å². The molecular weight excluding hydrogens is 406 g/mol. The first-order chi connectivity index (χ1) is 14.9. The number of H-pyrrole nitrogens is 1. The summed E-state index contributed by atoms with van der Waals surface area (Å²) in [5.74, 6) is 0.501. The van der Waals surface area contributed by atoms with Crippen LogP contribution in [0.1, 0.15) is 85.5 Å². The quantitative estimate of drug-likeness (QED) is 0.370. The van der Waals surface area contributed by atoms with Crippen LogP contribution in [-0.4, -0.2) is 33.2 Å². The molecule has 0 saturated carbocycles. The molecule has 2 rings (SSSR count). The summed E-state index contributed by atoms with van der Waals surface area (Å²) in [6.07, 6.45) is 4.77. The summed E-state index contributed by atoms with van der Waals surface area (Å²) in [6.45, 7) is 11.1. The number of unbranched alkanes of at least 4 members (excludes halogenated alkanes) is 2. The summed E-state index contributed by atoms with van der Waals surface area (Å²) in [7, 11) is 0. The van der Waals surface area contributed by atoms with Crippen LogP contribution in [0.3, 0.4) is 0 Å². The summed E-state index contributed by atoms with van der Waals surface area (Å²) in [5.41, 5.74) is 0.872. The largest absolute Gasteiger partial charge is 0.460 e. The molecule has 176 valence electrons. The fourth-order valence-corrected chi connectivity index (χ4v) is 3.19. The average molecular weight is 444 g/mol. The summed E-state index contributed by atoms with van der Waals surface area (Å²) in [4.78, 5) is 32.1. The van der Waals surface area contributed by atoms with E-state index in [1.54, 1.807) is 6.20 Å². The van der Waals surface area contributed by atoms with Crippen molar-refractivity contribution in [2.75, 3.05) is 0 Å². The molecule has 7 nitrogen and oxygen atoms in total. The number of nitrogens with one attached hydrogen (secondary N) is 2. The number of amides is 1. The zero-order valence-corrected chi connectivity index (χ0v) is 20.2. The molecule has 1 atom stereocenters. The predicted octanol–water partition coefficient (Wildman–Crippen LogP) is 5.93. The van der Waals surface area contributed by atoms with E-state index in [1.807, 2.05) is 71.9 Å². The molecule has 1 heterocycles. The molecule has 0 aliphatic carbocycles. The van der Waals surface area contributed by atoms with Crippen molar-refractivity contribution in [1.29, 1.82) is 0 Å². The van der Waals surface area contributed by atoms with E-state index in [-0.39, 0.29) is 12.0 Å². The number of aromatic amines is 1. The van der Waals surface area contributed by atoms with Crippen LogP contribution >= 0.6 is 0 Å². The summed E-state index contributed by atoms with van der Waals surface area (Å²) in [6, 6.07) is 9.59. The zero-order chi connectivity index (χ0) is 23.8. The molecule has 7 heteroatoms. The van der Waals surface area contributed by atoms with Crippen molar-refractivity contribution in [3.63, 3.8) is 0 Å². The van der Waals surface area contributed by atoms with Crippen molar-refractivity contribution < 1.29 is 19.1 Å². The number of alkyl carbamates (subject to hydrolysis) is 1. The molecule has 0 radical (unpaired) electrons. The second kappa shape index (κ2) is 11.2. The second-order valence-electron chi connectivity index (χ2n) is 9.93. The monoisotopic (exact) mass is 443 g/mol. The van der Waals surface area contributed by atoms with E-state index in [0.29, 0.717) is 18.7 Å². The number of rotatable bonds is 9. The average Bonchev–Trinajstić information content (AvgIpc) is 3.15. The van der Waals surface area contributed by atoms with Crippen LogP contribution in [0, 0.1) is 0 Å². The van der Waals surface area contributed by atoms with Crippen molar-refractivity contribution in [2.45, 2.75) is 90.9 Å². The molecule has 0 fully saturated rings. The minimum Gasteiger partial charge on any atom is -0.460 e. The molecule has 0 spiro atoms. The number of esters is 1. The molecule has 32 heavy (non-hydrogen) atoms. The van der Waals surface area contributed by atoms with Crippen molar-refractivity contribution >= 4 is 12.1 Å². The Balaban J connectivity index is 1.97. The minimum absolute atomic E-state index is 0.181. The maximum atomic E-state index is 12.4. The number of carbonyl (C=O) groups excluding carboxylic acids is 2. The van der Waals surface area contributed by atoms with Gasteiger partial charge in [0.15, 0.2) is 0 Å². The van der Waals surface area contributed by atoms with Gasteiger partial charge in [0, 0.05) is 6.42 Å². The number of ether oxygens (including phenoxy) is 2. The van der Waals surface area contributed by atoms with Crippen LogP contribution in [0.4, 0.5) is 4.79 Å². The maximum absolute atomic E-state index is 12.4. The van der Waals surface area contributed by atoms with E-state index in [9.17, 15) is 9.59 Å². The number of aromatic nitrogens is 2. The van der Waals surface area contributed by atoms with Crippen LogP contribution in [-0.2, 0) is 14.3 Å². The Hall–Kier alpha value is -2.83. The molecule has 2 aromatic rings. The van der Waals surface area contributed by atoms with Crippen molar-refractivity contribution in [1.82, 2.24) is 15.3 Å².